The van der Waals surface area contributed by atoms with Crippen LogP contribution >= 0.6 is 23.2 Å². The summed E-state index contributed by atoms with van der Waals surface area (Å²) in [6, 6.07) is 21.2. The van der Waals surface area contributed by atoms with E-state index < -0.39 is 20.0 Å². The number of benzene rings is 4. The van der Waals surface area contributed by atoms with Crippen molar-refractivity contribution in [3.8, 4) is 0 Å². The Hall–Kier alpha value is -2.28. The second-order valence-electron chi connectivity index (χ2n) is 10.2. The smallest absolute Gasteiger partial charge is 0.243 e. The molecule has 42 heavy (non-hydrogen) atoms. The molecule has 2 saturated heterocycles. The summed E-state index contributed by atoms with van der Waals surface area (Å²) >= 11 is 12.3. The van der Waals surface area contributed by atoms with Gasteiger partial charge in [0.25, 0.3) is 0 Å². The third-order valence-corrected chi connectivity index (χ3v) is 12.1. The van der Waals surface area contributed by atoms with Gasteiger partial charge in [-0.15, -0.1) is 0 Å². The molecule has 6 rings (SSSR count). The topological polar surface area (TPSA) is 98.8 Å². The van der Waals surface area contributed by atoms with Crippen molar-refractivity contribution in [2.75, 3.05) is 52.4 Å². The average molecular weight is 650 g/mol. The first kappa shape index (κ1) is 31.2. The summed E-state index contributed by atoms with van der Waals surface area (Å²) in [4.78, 5) is 0.675. The van der Waals surface area contributed by atoms with Crippen molar-refractivity contribution in [1.82, 2.24) is 19.2 Å². The first-order valence-electron chi connectivity index (χ1n) is 14.0. The Bertz CT molecular complexity index is 1640. The summed E-state index contributed by atoms with van der Waals surface area (Å²) in [6.07, 6.45) is 1.65. The maximum atomic E-state index is 12.9. The van der Waals surface area contributed by atoms with E-state index in [1.54, 1.807) is 57.1 Å². The second-order valence-corrected chi connectivity index (χ2v) is 14.8. The molecule has 2 fully saturated rings. The Balaban J connectivity index is 0.000000168. The van der Waals surface area contributed by atoms with Crippen LogP contribution in [0.25, 0.3) is 21.5 Å². The van der Waals surface area contributed by atoms with Crippen LogP contribution in [0.3, 0.4) is 0 Å². The zero-order chi connectivity index (χ0) is 29.7. The number of hydrogen-bond acceptors (Lipinski definition) is 6. The molecule has 0 bridgehead atoms. The van der Waals surface area contributed by atoms with E-state index in [0.717, 1.165) is 36.7 Å². The molecule has 0 unspecified atom stereocenters. The maximum absolute atomic E-state index is 12.9. The van der Waals surface area contributed by atoms with Crippen LogP contribution in [-0.2, 0) is 20.0 Å². The third-order valence-electron chi connectivity index (χ3n) is 7.49. The molecule has 0 spiro atoms. The maximum Gasteiger partial charge on any atom is 0.243 e. The van der Waals surface area contributed by atoms with Crippen LogP contribution in [0.2, 0.25) is 10.0 Å². The van der Waals surface area contributed by atoms with E-state index in [1.165, 1.54) is 0 Å². The van der Waals surface area contributed by atoms with Crippen molar-refractivity contribution in [1.29, 1.82) is 0 Å². The van der Waals surface area contributed by atoms with Crippen LogP contribution in [0, 0.1) is 0 Å². The van der Waals surface area contributed by atoms with Crippen molar-refractivity contribution in [2.45, 2.75) is 22.6 Å². The molecular formula is C30H34Cl2N4O4S2. The molecule has 0 radical (unpaired) electrons. The lowest BCUT2D eigenvalue weighted by Crippen LogP contribution is -2.34. The molecule has 0 atom stereocenters. The fourth-order valence-electron chi connectivity index (χ4n) is 5.34. The first-order valence-corrected chi connectivity index (χ1v) is 17.6. The van der Waals surface area contributed by atoms with Gasteiger partial charge in [0.2, 0.25) is 20.0 Å². The van der Waals surface area contributed by atoms with Crippen LogP contribution < -0.4 is 10.6 Å². The third kappa shape index (κ3) is 6.61. The summed E-state index contributed by atoms with van der Waals surface area (Å²) in [5.41, 5.74) is 0. The highest BCUT2D eigenvalue weighted by Crippen LogP contribution is 2.31. The minimum atomic E-state index is -3.49. The van der Waals surface area contributed by atoms with Crippen LogP contribution in [0.4, 0.5) is 0 Å². The lowest BCUT2D eigenvalue weighted by Gasteiger charge is -2.20. The average Bonchev–Trinajstić information content (AvgIpc) is 3.44. The number of fused-ring (bicyclic) bond motifs is 2. The molecule has 0 aliphatic carbocycles. The number of rotatable bonds is 4. The highest BCUT2D eigenvalue weighted by molar-refractivity contribution is 7.89. The van der Waals surface area contributed by atoms with Crippen LogP contribution in [-0.4, -0.2) is 77.8 Å². The van der Waals surface area contributed by atoms with Crippen molar-refractivity contribution in [2.24, 2.45) is 0 Å². The highest BCUT2D eigenvalue weighted by Gasteiger charge is 2.28. The quantitative estimate of drug-likeness (QED) is 0.325. The Morgan fingerprint density at radius 3 is 1.31 bits per heavy atom. The lowest BCUT2D eigenvalue weighted by molar-refractivity contribution is 0.432. The normalized spacial score (nSPS) is 17.8. The van der Waals surface area contributed by atoms with Crippen LogP contribution in [0.15, 0.2) is 82.6 Å². The van der Waals surface area contributed by atoms with E-state index in [9.17, 15) is 16.8 Å². The van der Waals surface area contributed by atoms with Gasteiger partial charge in [0.1, 0.15) is 0 Å². The minimum Gasteiger partial charge on any atom is -0.315 e. The number of sulfonamides is 2. The SMILES string of the molecule is O=S(=O)(c1cccc2c(Cl)cccc12)N1CCCNCC1.O=S(=O)(c1cccc2c(Cl)cccc12)N1CCCNCC1. The van der Waals surface area contributed by atoms with Crippen LogP contribution in [0.1, 0.15) is 12.8 Å². The fraction of sp³-hybridized carbons (Fsp3) is 0.333. The van der Waals surface area contributed by atoms with Crippen molar-refractivity contribution < 1.29 is 16.8 Å². The number of nitrogens with zero attached hydrogens (tertiary/aromatic N) is 2. The molecule has 8 nitrogen and oxygen atoms in total. The van der Waals surface area contributed by atoms with Gasteiger partial charge in [-0.25, -0.2) is 16.8 Å². The molecule has 0 amide bonds. The highest BCUT2D eigenvalue weighted by atomic mass is 35.5. The molecule has 2 N–H and O–H groups in total. The first-order chi connectivity index (χ1) is 20.2. The van der Waals surface area contributed by atoms with E-state index >= 15 is 0 Å². The van der Waals surface area contributed by atoms with Gasteiger partial charge in [0.05, 0.1) is 9.79 Å². The molecule has 12 heteroatoms. The standard InChI is InChI=1S/2C15H17ClN2O2S/c2*16-14-6-1-5-13-12(14)4-2-7-15(13)21(19,20)18-10-3-8-17-9-11-18/h2*1-2,4-7,17H,3,8-11H2. The predicted octanol–water partition coefficient (Wildman–Crippen LogP) is 4.95. The van der Waals surface area contributed by atoms with E-state index in [2.05, 4.69) is 10.6 Å². The van der Waals surface area contributed by atoms with Gasteiger partial charge in [-0.2, -0.15) is 8.61 Å². The summed E-state index contributed by atoms with van der Waals surface area (Å²) in [5.74, 6) is 0. The Morgan fingerprint density at radius 2 is 0.881 bits per heavy atom. The predicted molar refractivity (Wildman–Crippen MR) is 170 cm³/mol. The number of halogens is 2. The number of nitrogens with one attached hydrogen (secondary N) is 2. The van der Waals surface area contributed by atoms with Gasteiger partial charge in [0.15, 0.2) is 0 Å². The molecule has 0 saturated carbocycles. The summed E-state index contributed by atoms with van der Waals surface area (Å²) in [5, 5.41) is 10.5. The molecule has 2 heterocycles. The Morgan fingerprint density at radius 1 is 0.500 bits per heavy atom. The van der Waals surface area contributed by atoms with Crippen molar-refractivity contribution in [3.05, 3.63) is 82.8 Å². The lowest BCUT2D eigenvalue weighted by atomic mass is 10.1. The van der Waals surface area contributed by atoms with Crippen LogP contribution in [0.5, 0.6) is 0 Å². The van der Waals surface area contributed by atoms with Gasteiger partial charge >= 0.3 is 0 Å². The Kier molecular flexibility index (Phi) is 10.1. The van der Waals surface area contributed by atoms with E-state index in [-0.39, 0.29) is 0 Å². The zero-order valence-electron chi connectivity index (χ0n) is 23.1. The molecule has 224 valence electrons. The minimum absolute atomic E-state index is 0.337. The molecule has 2 aliphatic rings. The van der Waals surface area contributed by atoms with Crippen molar-refractivity contribution in [3.63, 3.8) is 0 Å². The number of hydrogen-bond donors (Lipinski definition) is 2. The molecule has 4 aromatic rings. The fourth-order valence-corrected chi connectivity index (χ4v) is 9.18. The van der Waals surface area contributed by atoms with Gasteiger partial charge in [-0.1, -0.05) is 71.7 Å². The summed E-state index contributed by atoms with van der Waals surface area (Å²) in [7, 11) is -6.99. The molecule has 2 aliphatic heterocycles. The monoisotopic (exact) mass is 648 g/mol. The van der Waals surface area contributed by atoms with E-state index in [1.807, 2.05) is 24.3 Å². The largest absolute Gasteiger partial charge is 0.315 e. The summed E-state index contributed by atoms with van der Waals surface area (Å²) < 4.78 is 54.8. The second kappa shape index (κ2) is 13.6. The van der Waals surface area contributed by atoms with E-state index in [4.69, 9.17) is 23.2 Å². The summed E-state index contributed by atoms with van der Waals surface area (Å²) in [6.45, 7) is 5.17. The van der Waals surface area contributed by atoms with Gasteiger partial charge < -0.3 is 10.6 Å². The van der Waals surface area contributed by atoms with Crippen molar-refractivity contribution >= 4 is 64.8 Å². The zero-order valence-corrected chi connectivity index (χ0v) is 26.2. The molecule has 0 aromatic heterocycles. The van der Waals surface area contributed by atoms with Gasteiger partial charge in [-0.05, 0) is 50.2 Å². The van der Waals surface area contributed by atoms with E-state index in [0.29, 0.717) is 69.9 Å². The van der Waals surface area contributed by atoms with Gasteiger partial charge in [-0.3, -0.25) is 0 Å². The molecule has 4 aromatic carbocycles. The van der Waals surface area contributed by atoms with Gasteiger partial charge in [0, 0.05) is 70.9 Å². The Labute approximate surface area is 257 Å². The molecular weight excluding hydrogens is 615 g/mol.